The van der Waals surface area contributed by atoms with E-state index < -0.39 is 0 Å². The Hall–Kier alpha value is -1.00. The van der Waals surface area contributed by atoms with E-state index in [0.29, 0.717) is 17.5 Å². The first-order valence-corrected chi connectivity index (χ1v) is 7.22. The second-order valence-electron chi connectivity index (χ2n) is 5.51. The van der Waals surface area contributed by atoms with Crippen molar-refractivity contribution in [1.82, 2.24) is 4.90 Å². The highest BCUT2D eigenvalue weighted by molar-refractivity contribution is 7.80. The standard InChI is InChI=1S/C15H21FN2S/c1-10-4-3-7-18(11(10)2)9-12-5-6-14(16)13(8-12)15(17)19/h5-6,8,10-11H,3-4,7,9H2,1-2H3,(H2,17,19). The number of nitrogens with zero attached hydrogens (tertiary/aromatic N) is 1. The zero-order valence-electron chi connectivity index (χ0n) is 11.5. The van der Waals surface area contributed by atoms with Crippen molar-refractivity contribution in [1.29, 1.82) is 0 Å². The van der Waals surface area contributed by atoms with E-state index in [0.717, 1.165) is 18.7 Å². The van der Waals surface area contributed by atoms with Gasteiger partial charge in [0, 0.05) is 18.2 Å². The first-order valence-electron chi connectivity index (χ1n) is 6.81. The fourth-order valence-corrected chi connectivity index (χ4v) is 2.89. The lowest BCUT2D eigenvalue weighted by molar-refractivity contribution is 0.106. The Morgan fingerprint density at radius 2 is 2.21 bits per heavy atom. The van der Waals surface area contributed by atoms with Crippen LogP contribution in [0.5, 0.6) is 0 Å². The lowest BCUT2D eigenvalue weighted by Gasteiger charge is -2.38. The van der Waals surface area contributed by atoms with Crippen LogP contribution >= 0.6 is 12.2 Å². The molecule has 1 saturated heterocycles. The third-order valence-corrected chi connectivity index (χ3v) is 4.41. The largest absolute Gasteiger partial charge is 0.389 e. The molecular weight excluding hydrogens is 259 g/mol. The van der Waals surface area contributed by atoms with Crippen LogP contribution in [-0.4, -0.2) is 22.5 Å². The number of halogens is 1. The van der Waals surface area contributed by atoms with Gasteiger partial charge in [-0.1, -0.05) is 25.2 Å². The van der Waals surface area contributed by atoms with Gasteiger partial charge in [-0.15, -0.1) is 0 Å². The molecule has 1 heterocycles. The molecule has 0 bridgehead atoms. The second-order valence-corrected chi connectivity index (χ2v) is 5.95. The van der Waals surface area contributed by atoms with E-state index in [9.17, 15) is 4.39 Å². The summed E-state index contributed by atoms with van der Waals surface area (Å²) in [6, 6.07) is 5.63. The first-order chi connectivity index (χ1) is 8.99. The van der Waals surface area contributed by atoms with Crippen LogP contribution in [0.3, 0.4) is 0 Å². The SMILES string of the molecule is CC1CCCN(Cc2ccc(F)c(C(N)=S)c2)C1C. The maximum atomic E-state index is 13.6. The van der Waals surface area contributed by atoms with Gasteiger partial charge in [0.15, 0.2) is 0 Å². The summed E-state index contributed by atoms with van der Waals surface area (Å²) in [5.41, 5.74) is 6.97. The normalized spacial score (nSPS) is 24.4. The van der Waals surface area contributed by atoms with Crippen molar-refractivity contribution in [2.24, 2.45) is 11.7 Å². The molecule has 1 fully saturated rings. The highest BCUT2D eigenvalue weighted by Crippen LogP contribution is 2.24. The highest BCUT2D eigenvalue weighted by Gasteiger charge is 2.24. The lowest BCUT2D eigenvalue weighted by atomic mass is 9.91. The van der Waals surface area contributed by atoms with Gasteiger partial charge in [-0.3, -0.25) is 4.90 Å². The minimum Gasteiger partial charge on any atom is -0.389 e. The maximum absolute atomic E-state index is 13.6. The molecule has 0 saturated carbocycles. The molecule has 1 aliphatic rings. The van der Waals surface area contributed by atoms with E-state index in [2.05, 4.69) is 18.7 Å². The molecule has 1 aromatic rings. The first kappa shape index (κ1) is 14.4. The zero-order valence-corrected chi connectivity index (χ0v) is 12.3. The Labute approximate surface area is 119 Å². The van der Waals surface area contributed by atoms with E-state index in [1.165, 1.54) is 18.9 Å². The Morgan fingerprint density at radius 1 is 1.47 bits per heavy atom. The molecule has 1 aromatic carbocycles. The molecule has 2 rings (SSSR count). The van der Waals surface area contributed by atoms with Gasteiger partial charge in [0.05, 0.1) is 0 Å². The van der Waals surface area contributed by atoms with Gasteiger partial charge in [0.2, 0.25) is 0 Å². The molecule has 2 unspecified atom stereocenters. The Bertz CT molecular complexity index is 475. The molecule has 0 aromatic heterocycles. The molecule has 1 aliphatic heterocycles. The average molecular weight is 280 g/mol. The van der Waals surface area contributed by atoms with Gasteiger partial charge in [0.1, 0.15) is 10.8 Å². The van der Waals surface area contributed by atoms with Gasteiger partial charge >= 0.3 is 0 Å². The number of nitrogens with two attached hydrogens (primary N) is 1. The number of hydrogen-bond acceptors (Lipinski definition) is 2. The number of thiocarbonyl (C=S) groups is 1. The quantitative estimate of drug-likeness (QED) is 0.863. The fourth-order valence-electron chi connectivity index (χ4n) is 2.74. The Morgan fingerprint density at radius 3 is 2.89 bits per heavy atom. The van der Waals surface area contributed by atoms with E-state index in [4.69, 9.17) is 18.0 Å². The molecule has 4 heteroatoms. The number of rotatable bonds is 3. The van der Waals surface area contributed by atoms with Gasteiger partial charge in [-0.05, 0) is 49.9 Å². The summed E-state index contributed by atoms with van der Waals surface area (Å²) in [5, 5.41) is 0. The van der Waals surface area contributed by atoms with Crippen LogP contribution in [0.25, 0.3) is 0 Å². The van der Waals surface area contributed by atoms with E-state index in [-0.39, 0.29) is 10.8 Å². The smallest absolute Gasteiger partial charge is 0.133 e. The number of benzene rings is 1. The minimum absolute atomic E-state index is 0.124. The van der Waals surface area contributed by atoms with Crippen LogP contribution in [0, 0.1) is 11.7 Å². The average Bonchev–Trinajstić information content (AvgIpc) is 2.37. The van der Waals surface area contributed by atoms with Crippen molar-refractivity contribution in [3.63, 3.8) is 0 Å². The predicted molar refractivity (Wildman–Crippen MR) is 80.6 cm³/mol. The topological polar surface area (TPSA) is 29.3 Å². The second kappa shape index (κ2) is 5.97. The summed E-state index contributed by atoms with van der Waals surface area (Å²) in [7, 11) is 0. The summed E-state index contributed by atoms with van der Waals surface area (Å²) in [5.74, 6) is 0.376. The lowest BCUT2D eigenvalue weighted by Crippen LogP contribution is -2.41. The monoisotopic (exact) mass is 280 g/mol. The van der Waals surface area contributed by atoms with Crippen molar-refractivity contribution in [3.8, 4) is 0 Å². The molecule has 0 amide bonds. The Balaban J connectivity index is 2.15. The molecular formula is C15H21FN2S. The van der Waals surface area contributed by atoms with E-state index in [1.54, 1.807) is 6.07 Å². The van der Waals surface area contributed by atoms with Gasteiger partial charge < -0.3 is 5.73 Å². The minimum atomic E-state index is -0.337. The van der Waals surface area contributed by atoms with Crippen molar-refractivity contribution < 1.29 is 4.39 Å². The molecule has 0 radical (unpaired) electrons. The number of likely N-dealkylation sites (tertiary alicyclic amines) is 1. The van der Waals surface area contributed by atoms with E-state index >= 15 is 0 Å². The molecule has 0 aliphatic carbocycles. The summed E-state index contributed by atoms with van der Waals surface area (Å²) in [6.07, 6.45) is 2.52. The van der Waals surface area contributed by atoms with Gasteiger partial charge in [-0.2, -0.15) is 0 Å². The fraction of sp³-hybridized carbons (Fsp3) is 0.533. The van der Waals surface area contributed by atoms with Crippen LogP contribution in [0.15, 0.2) is 18.2 Å². The molecule has 19 heavy (non-hydrogen) atoms. The Kier molecular flexibility index (Phi) is 4.53. The molecule has 2 atom stereocenters. The van der Waals surface area contributed by atoms with Crippen molar-refractivity contribution in [3.05, 3.63) is 35.1 Å². The van der Waals surface area contributed by atoms with Crippen molar-refractivity contribution in [2.45, 2.75) is 39.3 Å². The molecule has 2 nitrogen and oxygen atoms in total. The molecule has 0 spiro atoms. The van der Waals surface area contributed by atoms with Crippen LogP contribution in [0.2, 0.25) is 0 Å². The summed E-state index contributed by atoms with van der Waals surface area (Å²) in [6.45, 7) is 6.50. The van der Waals surface area contributed by atoms with Crippen LogP contribution < -0.4 is 5.73 Å². The van der Waals surface area contributed by atoms with Crippen molar-refractivity contribution >= 4 is 17.2 Å². The van der Waals surface area contributed by atoms with Gasteiger partial charge in [-0.25, -0.2) is 4.39 Å². The zero-order chi connectivity index (χ0) is 14.0. The highest BCUT2D eigenvalue weighted by atomic mass is 32.1. The predicted octanol–water partition coefficient (Wildman–Crippen LogP) is 3.08. The van der Waals surface area contributed by atoms with Crippen LogP contribution in [0.4, 0.5) is 4.39 Å². The molecule has 104 valence electrons. The third-order valence-electron chi connectivity index (χ3n) is 4.19. The summed E-state index contributed by atoms with van der Waals surface area (Å²) >= 11 is 4.88. The molecule has 2 N–H and O–H groups in total. The third kappa shape index (κ3) is 3.31. The van der Waals surface area contributed by atoms with Crippen molar-refractivity contribution in [2.75, 3.05) is 6.54 Å². The summed E-state index contributed by atoms with van der Waals surface area (Å²) < 4.78 is 13.6. The van der Waals surface area contributed by atoms with Crippen LogP contribution in [-0.2, 0) is 6.54 Å². The van der Waals surface area contributed by atoms with E-state index in [1.807, 2.05) is 6.07 Å². The van der Waals surface area contributed by atoms with Crippen LogP contribution in [0.1, 0.15) is 37.8 Å². The van der Waals surface area contributed by atoms with Gasteiger partial charge in [0.25, 0.3) is 0 Å². The summed E-state index contributed by atoms with van der Waals surface area (Å²) in [4.78, 5) is 2.57. The number of piperidine rings is 1. The maximum Gasteiger partial charge on any atom is 0.133 e. The number of hydrogen-bond donors (Lipinski definition) is 1.